The van der Waals surface area contributed by atoms with Crippen molar-refractivity contribution >= 4 is 40.9 Å². The number of nitrogens with zero attached hydrogens (tertiary/aromatic N) is 6. The van der Waals surface area contributed by atoms with Crippen LogP contribution in [-0.2, 0) is 38.7 Å². The molecule has 19 heteroatoms. The number of carboxylic acid groups (broad SMARTS) is 3. The number of hydrogen-bond acceptors (Lipinski definition) is 15. The molecule has 0 aliphatic carbocycles. The van der Waals surface area contributed by atoms with Gasteiger partial charge in [0.2, 0.25) is 0 Å². The molecule has 19 nitrogen and oxygen atoms in total. The molecule has 0 spiro atoms. The molecule has 0 radical (unpaired) electrons. The summed E-state index contributed by atoms with van der Waals surface area (Å²) < 4.78 is 62.2. The summed E-state index contributed by atoms with van der Waals surface area (Å²) in [5.41, 5.74) is 8.02. The minimum Gasteiger partial charge on any atom is -0.492 e. The van der Waals surface area contributed by atoms with Crippen molar-refractivity contribution in [3.63, 3.8) is 0 Å². The van der Waals surface area contributed by atoms with Crippen molar-refractivity contribution in [2.24, 2.45) is 11.8 Å². The first-order valence-electron chi connectivity index (χ1n) is 36.6. The number of para-hydroxylation sites is 3. The molecule has 6 unspecified atom stereocenters. The highest BCUT2D eigenvalue weighted by atomic mass is 16.5. The number of anilines is 3. The highest BCUT2D eigenvalue weighted by Gasteiger charge is 2.32. The van der Waals surface area contributed by atoms with Crippen LogP contribution >= 0.6 is 0 Å². The van der Waals surface area contributed by atoms with Crippen LogP contribution in [0.4, 0.5) is 17.1 Å². The van der Waals surface area contributed by atoms with Gasteiger partial charge in [-0.15, -0.1) is 0 Å². The number of piperidine rings is 1. The van der Waals surface area contributed by atoms with Crippen molar-refractivity contribution in [2.45, 2.75) is 117 Å². The molecule has 0 saturated carbocycles. The second-order valence-corrected chi connectivity index (χ2v) is 26.3. The molecular weight excluding hydrogens is 1280 g/mol. The number of aliphatic carboxylic acids is 3. The summed E-state index contributed by atoms with van der Waals surface area (Å²) in [4.78, 5) is 57.9. The van der Waals surface area contributed by atoms with Crippen molar-refractivity contribution in [1.82, 2.24) is 14.7 Å². The van der Waals surface area contributed by atoms with Gasteiger partial charge in [0.1, 0.15) is 47.2 Å². The molecule has 532 valence electrons. The molecule has 101 heavy (non-hydrogen) atoms. The average Bonchev–Trinajstić information content (AvgIpc) is 0.982. The molecule has 3 aliphatic rings. The van der Waals surface area contributed by atoms with Gasteiger partial charge in [-0.2, -0.15) is 0 Å². The van der Waals surface area contributed by atoms with Gasteiger partial charge in [0.05, 0.1) is 41.2 Å². The number of likely N-dealkylation sites (tertiary alicyclic amines) is 3. The predicted octanol–water partition coefficient (Wildman–Crippen LogP) is 15.5. The van der Waals surface area contributed by atoms with E-state index in [-0.39, 0.29) is 55.6 Å². The summed E-state index contributed by atoms with van der Waals surface area (Å²) in [7, 11) is 0. The lowest BCUT2D eigenvalue weighted by molar-refractivity contribution is -0.142. The van der Waals surface area contributed by atoms with Gasteiger partial charge < -0.3 is 62.4 Å². The highest BCUT2D eigenvalue weighted by Crippen LogP contribution is 2.34. The molecule has 12 rings (SSSR count). The third-order valence-corrected chi connectivity index (χ3v) is 18.1. The van der Waals surface area contributed by atoms with E-state index in [9.17, 15) is 30.8 Å². The fraction of sp³-hybridized carbons (Fsp3) is 0.366. The first-order valence-corrected chi connectivity index (χ1v) is 34.8. The molecule has 1 amide bonds. The first-order chi connectivity index (χ1) is 50.2. The van der Waals surface area contributed by atoms with Crippen LogP contribution in [0.25, 0.3) is 34.0 Å². The molecule has 3 saturated heterocycles. The number of ether oxygens (including phenoxy) is 3. The van der Waals surface area contributed by atoms with E-state index in [0.29, 0.717) is 69.2 Å². The normalized spacial score (nSPS) is 17.5. The zero-order valence-corrected chi connectivity index (χ0v) is 58.5. The summed E-state index contributed by atoms with van der Waals surface area (Å²) in [6.45, 7) is 15.4. The van der Waals surface area contributed by atoms with Gasteiger partial charge in [-0.3, -0.25) is 29.0 Å². The molecule has 6 aromatic carbocycles. The van der Waals surface area contributed by atoms with E-state index in [1.165, 1.54) is 4.90 Å². The number of amides is 1. The summed E-state index contributed by atoms with van der Waals surface area (Å²) in [5, 5.41) is 27.4. The second kappa shape index (κ2) is 36.2. The summed E-state index contributed by atoms with van der Waals surface area (Å²) >= 11 is 0. The van der Waals surface area contributed by atoms with Crippen molar-refractivity contribution in [2.75, 3.05) is 80.3 Å². The molecule has 3 N–H and O–H groups in total. The van der Waals surface area contributed by atoms with Crippen LogP contribution in [0.1, 0.15) is 94.4 Å². The second-order valence-electron chi connectivity index (χ2n) is 26.3. The Hall–Kier alpha value is -10.2. The molecule has 6 atom stereocenters. The number of carboxylic acids is 3. The third-order valence-electron chi connectivity index (χ3n) is 18.1. The maximum absolute atomic E-state index is 12.6. The van der Waals surface area contributed by atoms with Gasteiger partial charge in [-0.05, 0) is 208 Å². The van der Waals surface area contributed by atoms with Gasteiger partial charge in [-0.25, -0.2) is 0 Å². The number of hydrogen-bond donors (Lipinski definition) is 3. The SMILES string of the molecule is [2H]C(c1ccccc1OC1CCCN(CCC(=O)O)C1)N(c1ccc(-c2ccco2)cc1)C(C)C.[2H]C(c1ccccc1OCC(=O)N1CCC(C(=O)O)C1)N(c1ccc(-c2ccco2)cc1)C(C)C.[2H]C(c1ccccc1OCCN1CCC(C(=O)O)C1)N(c1ccc(-c2ccco2)cc1)C(C)C. The minimum atomic E-state index is -0.880. The van der Waals surface area contributed by atoms with Gasteiger partial charge in [-0.1, -0.05) is 54.6 Å². The van der Waals surface area contributed by atoms with E-state index in [4.69, 9.17) is 35.3 Å². The van der Waals surface area contributed by atoms with Crippen molar-refractivity contribution in [1.29, 1.82) is 0 Å². The predicted molar refractivity (Wildman–Crippen MR) is 394 cm³/mol. The molecule has 3 aromatic heterocycles. The molecular formula is C82H96N6O13. The molecule has 3 fully saturated rings. The molecule has 0 bridgehead atoms. The van der Waals surface area contributed by atoms with E-state index >= 15 is 0 Å². The third kappa shape index (κ3) is 20.9. The van der Waals surface area contributed by atoms with Crippen molar-refractivity contribution < 1.29 is 66.1 Å². The smallest absolute Gasteiger partial charge is 0.308 e. The van der Waals surface area contributed by atoms with Gasteiger partial charge in [0, 0.05) is 127 Å². The van der Waals surface area contributed by atoms with Crippen LogP contribution in [0, 0.1) is 11.8 Å². The first kappa shape index (κ1) is 69.2. The maximum atomic E-state index is 12.6. The number of rotatable bonds is 29. The van der Waals surface area contributed by atoms with Crippen LogP contribution in [0.3, 0.4) is 0 Å². The zero-order valence-electron chi connectivity index (χ0n) is 61.5. The Kier molecular flexibility index (Phi) is 24.8. The number of carbonyl (C=O) groups is 4. The van der Waals surface area contributed by atoms with Crippen LogP contribution in [0.15, 0.2) is 214 Å². The summed E-state index contributed by atoms with van der Waals surface area (Å²) in [6, 6.07) is 58.4. The Balaban J connectivity index is 0.000000167. The summed E-state index contributed by atoms with van der Waals surface area (Å²) in [5.74, 6) is 0.845. The fourth-order valence-corrected chi connectivity index (χ4v) is 12.6. The van der Waals surface area contributed by atoms with E-state index in [0.717, 1.165) is 93.8 Å². The van der Waals surface area contributed by atoms with Crippen LogP contribution in [-0.4, -0.2) is 144 Å². The average molecular weight is 1380 g/mol. The standard InChI is InChI=1S/C28H34N2O4.C27H30N2O5.C27H32N2O4/c1-21(2)30(24-13-11-22(12-14-24)26-10-6-18-33-26)19-23-7-3-4-9-27(23)34-25-8-5-16-29(20-25)17-15-28(31)32;1-19(2)29(23-11-9-20(10-12-23)24-8-5-15-33-24)17-21-6-3-4-7-25(21)34-18-26(30)28-14-13-22(16-28)27(31)32;1-20(2)29(24-11-9-21(10-12-24)25-8-5-16-32-25)19-22-6-3-4-7-26(22)33-17-15-28-14-13-23(18-28)27(30)31/h3-4,6-7,9-14,18,21,25H,5,8,15-17,19-20H2,1-2H3,(H,31,32);3-12,15,19,22H,13-14,16-18H2,1-2H3,(H,31,32);3-12,16,20,23H,13-15,17-19H2,1-2H3,(H,30,31)/i19D;17D;19D. The maximum Gasteiger partial charge on any atom is 0.308 e. The Morgan fingerprint density at radius 2 is 0.891 bits per heavy atom. The monoisotopic (exact) mass is 1380 g/mol. The molecule has 3 aliphatic heterocycles. The minimum absolute atomic E-state index is 0.0222. The summed E-state index contributed by atoms with van der Waals surface area (Å²) in [6.07, 6.45) is 8.11. The quantitative estimate of drug-likeness (QED) is 0.0397. The highest BCUT2D eigenvalue weighted by molar-refractivity contribution is 5.80. The van der Waals surface area contributed by atoms with Gasteiger partial charge in [0.25, 0.3) is 5.91 Å². The zero-order chi connectivity index (χ0) is 73.8. The fourth-order valence-electron chi connectivity index (χ4n) is 12.6. The van der Waals surface area contributed by atoms with Crippen molar-refractivity contribution in [3.8, 4) is 51.2 Å². The lowest BCUT2D eigenvalue weighted by Gasteiger charge is -2.34. The number of carbonyl (C=O) groups excluding carboxylic acids is 1. The van der Waals surface area contributed by atoms with E-state index in [1.54, 1.807) is 24.9 Å². The Morgan fingerprint density at radius 3 is 1.31 bits per heavy atom. The largest absolute Gasteiger partial charge is 0.492 e. The number of furan rings is 3. The van der Waals surface area contributed by atoms with Crippen molar-refractivity contribution in [3.05, 3.63) is 217 Å². The topological polar surface area (TPSA) is 216 Å². The van der Waals surface area contributed by atoms with Crippen LogP contribution < -0.4 is 28.9 Å². The van der Waals surface area contributed by atoms with E-state index in [1.807, 2.05) is 195 Å². The van der Waals surface area contributed by atoms with E-state index in [2.05, 4.69) is 47.3 Å². The van der Waals surface area contributed by atoms with Crippen LogP contribution in [0.5, 0.6) is 17.2 Å². The van der Waals surface area contributed by atoms with Gasteiger partial charge >= 0.3 is 17.9 Å². The van der Waals surface area contributed by atoms with Crippen LogP contribution in [0.2, 0.25) is 0 Å². The lowest BCUT2D eigenvalue weighted by atomic mass is 10.1. The molecule has 6 heterocycles. The van der Waals surface area contributed by atoms with Gasteiger partial charge in [0.15, 0.2) is 6.61 Å². The van der Waals surface area contributed by atoms with E-state index < -0.39 is 43.4 Å². The lowest BCUT2D eigenvalue weighted by Crippen LogP contribution is -2.42. The Labute approximate surface area is 597 Å². The molecule has 9 aromatic rings. The Morgan fingerprint density at radius 1 is 0.475 bits per heavy atom. The Bertz CT molecular complexity index is 4140. The number of benzene rings is 6.